The number of carbonyl (C=O) groups excluding carboxylic acids is 1. The molecule has 0 aliphatic carbocycles. The maximum absolute atomic E-state index is 11.1. The fourth-order valence-electron chi connectivity index (χ4n) is 1.30. The van der Waals surface area contributed by atoms with Crippen molar-refractivity contribution in [3.05, 3.63) is 34.2 Å². The van der Waals surface area contributed by atoms with Gasteiger partial charge in [-0.1, -0.05) is 5.11 Å². The fraction of sp³-hybridized carbons (Fsp3) is 0.500. The van der Waals surface area contributed by atoms with Gasteiger partial charge in [0, 0.05) is 29.4 Å². The molecule has 0 fully saturated rings. The molecule has 1 aromatic rings. The number of carbonyl (C=O) groups is 1. The minimum atomic E-state index is -1.22. The van der Waals surface area contributed by atoms with Gasteiger partial charge in [-0.25, -0.2) is 14.8 Å². The lowest BCUT2D eigenvalue weighted by molar-refractivity contribution is 0.0145. The largest absolute Gasteiger partial charge is 0.463 e. The highest BCUT2D eigenvalue weighted by atomic mass is 16.5. The number of rotatable bonds is 6. The van der Waals surface area contributed by atoms with Crippen molar-refractivity contribution in [1.82, 2.24) is 9.97 Å². The molecular formula is C10H13N5O4. The summed E-state index contributed by atoms with van der Waals surface area (Å²) in [7, 11) is 1.20. The summed E-state index contributed by atoms with van der Waals surface area (Å²) >= 11 is 0. The van der Waals surface area contributed by atoms with E-state index in [2.05, 4.69) is 24.7 Å². The zero-order valence-electron chi connectivity index (χ0n) is 10.2. The third-order valence-corrected chi connectivity index (χ3v) is 2.33. The Labute approximate surface area is 108 Å². The molecule has 0 radical (unpaired) electrons. The van der Waals surface area contributed by atoms with Gasteiger partial charge in [0.15, 0.2) is 0 Å². The first-order valence-corrected chi connectivity index (χ1v) is 5.37. The molecule has 0 amide bonds. The molecule has 0 saturated carbocycles. The minimum absolute atomic E-state index is 0.0653. The van der Waals surface area contributed by atoms with E-state index >= 15 is 0 Å². The summed E-state index contributed by atoms with van der Waals surface area (Å²) in [6.07, 6.45) is 0.212. The Morgan fingerprint density at radius 2 is 2.16 bits per heavy atom. The van der Waals surface area contributed by atoms with E-state index in [1.54, 1.807) is 0 Å². The van der Waals surface area contributed by atoms with Gasteiger partial charge >= 0.3 is 5.97 Å². The van der Waals surface area contributed by atoms with Gasteiger partial charge in [0.25, 0.3) is 0 Å². The summed E-state index contributed by atoms with van der Waals surface area (Å²) < 4.78 is 4.43. The van der Waals surface area contributed by atoms with Crippen LogP contribution in [0.5, 0.6) is 0 Å². The normalized spacial score (nSPS) is 13.2. The van der Waals surface area contributed by atoms with Gasteiger partial charge in [0.2, 0.25) is 5.82 Å². The van der Waals surface area contributed by atoms with Crippen LogP contribution in [0.3, 0.4) is 0 Å². The van der Waals surface area contributed by atoms with Crippen molar-refractivity contribution in [2.45, 2.75) is 18.6 Å². The van der Waals surface area contributed by atoms with Crippen LogP contribution >= 0.6 is 0 Å². The van der Waals surface area contributed by atoms with Crippen molar-refractivity contribution in [1.29, 1.82) is 0 Å². The number of esters is 1. The number of aliphatic hydroxyl groups excluding tert-OH is 2. The molecule has 1 aromatic heterocycles. The average molecular weight is 267 g/mol. The molecule has 2 unspecified atom stereocenters. The van der Waals surface area contributed by atoms with Crippen LogP contribution < -0.4 is 0 Å². The molecule has 0 bridgehead atoms. The van der Waals surface area contributed by atoms with E-state index in [4.69, 9.17) is 5.53 Å². The van der Waals surface area contributed by atoms with Crippen molar-refractivity contribution in [2.24, 2.45) is 5.11 Å². The zero-order chi connectivity index (χ0) is 14.3. The van der Waals surface area contributed by atoms with Gasteiger partial charge in [-0.2, -0.15) is 0 Å². The Hall–Kier alpha value is -2.22. The molecule has 0 aliphatic rings. The minimum Gasteiger partial charge on any atom is -0.463 e. The lowest BCUT2D eigenvalue weighted by atomic mass is 10.1. The van der Waals surface area contributed by atoms with Gasteiger partial charge < -0.3 is 14.9 Å². The lowest BCUT2D eigenvalue weighted by Crippen LogP contribution is -2.20. The van der Waals surface area contributed by atoms with Crippen molar-refractivity contribution in [3.8, 4) is 0 Å². The van der Waals surface area contributed by atoms with Crippen LogP contribution in [0.15, 0.2) is 17.5 Å². The Bertz CT molecular complexity index is 471. The second-order valence-corrected chi connectivity index (χ2v) is 3.59. The Balaban J connectivity index is 2.68. The van der Waals surface area contributed by atoms with E-state index in [9.17, 15) is 15.0 Å². The quantitative estimate of drug-likeness (QED) is 0.330. The second-order valence-electron chi connectivity index (χ2n) is 3.59. The molecule has 1 heterocycles. The molecule has 102 valence electrons. The van der Waals surface area contributed by atoms with Crippen LogP contribution in [0.25, 0.3) is 10.4 Å². The Morgan fingerprint density at radius 1 is 1.53 bits per heavy atom. The fourth-order valence-corrected chi connectivity index (χ4v) is 1.30. The van der Waals surface area contributed by atoms with Crippen LogP contribution in [0.2, 0.25) is 0 Å². The third-order valence-electron chi connectivity index (χ3n) is 2.33. The zero-order valence-corrected chi connectivity index (χ0v) is 10.2. The van der Waals surface area contributed by atoms with E-state index in [0.29, 0.717) is 0 Å². The summed E-state index contributed by atoms with van der Waals surface area (Å²) in [4.78, 5) is 21.1. The number of aliphatic hydroxyl groups is 2. The van der Waals surface area contributed by atoms with Crippen LogP contribution in [0.4, 0.5) is 0 Å². The summed E-state index contributed by atoms with van der Waals surface area (Å²) in [6.45, 7) is 0.0653. The first-order chi connectivity index (χ1) is 9.10. The van der Waals surface area contributed by atoms with Gasteiger partial charge in [-0.05, 0) is 12.0 Å². The maximum atomic E-state index is 11.1. The topological polar surface area (TPSA) is 141 Å². The Kier molecular flexibility index (Phi) is 5.68. The molecule has 2 atom stereocenters. The molecule has 0 aliphatic heterocycles. The summed E-state index contributed by atoms with van der Waals surface area (Å²) in [6, 6.07) is 0. The van der Waals surface area contributed by atoms with Crippen LogP contribution in [0.1, 0.15) is 28.7 Å². The molecule has 0 saturated heterocycles. The summed E-state index contributed by atoms with van der Waals surface area (Å²) in [5.74, 6) is -0.827. The number of azide groups is 1. The SMILES string of the molecule is COC(=O)c1ncc(C(O)C(O)CCN=[N+]=[N-])cn1. The van der Waals surface area contributed by atoms with Crippen molar-refractivity contribution in [3.63, 3.8) is 0 Å². The number of nitrogens with zero attached hydrogens (tertiary/aromatic N) is 5. The molecule has 0 spiro atoms. The summed E-state index contributed by atoms with van der Waals surface area (Å²) in [5, 5.41) is 22.7. The van der Waals surface area contributed by atoms with E-state index in [0.717, 1.165) is 0 Å². The second kappa shape index (κ2) is 7.27. The van der Waals surface area contributed by atoms with Gasteiger partial charge in [0.05, 0.1) is 13.2 Å². The number of hydrogen-bond acceptors (Lipinski definition) is 7. The summed E-state index contributed by atoms with van der Waals surface area (Å²) in [5.41, 5.74) is 8.34. The highest BCUT2D eigenvalue weighted by Gasteiger charge is 2.19. The molecule has 0 aromatic carbocycles. The van der Waals surface area contributed by atoms with Crippen molar-refractivity contribution >= 4 is 5.97 Å². The predicted molar refractivity (Wildman–Crippen MR) is 63.0 cm³/mol. The van der Waals surface area contributed by atoms with Crippen molar-refractivity contribution in [2.75, 3.05) is 13.7 Å². The molecule has 9 nitrogen and oxygen atoms in total. The first-order valence-electron chi connectivity index (χ1n) is 5.37. The average Bonchev–Trinajstić information content (AvgIpc) is 2.46. The monoisotopic (exact) mass is 267 g/mol. The standard InChI is InChI=1S/C10H13N5O4/c1-19-10(18)9-12-4-6(5-13-9)8(17)7(16)2-3-14-15-11/h4-5,7-8,16-17H,2-3H2,1H3. The number of methoxy groups -OCH3 is 1. The van der Waals surface area contributed by atoms with E-state index < -0.39 is 18.2 Å². The molecule has 9 heteroatoms. The van der Waals surface area contributed by atoms with Crippen molar-refractivity contribution < 1.29 is 19.7 Å². The lowest BCUT2D eigenvalue weighted by Gasteiger charge is -2.16. The Morgan fingerprint density at radius 3 is 2.68 bits per heavy atom. The number of ether oxygens (including phenoxy) is 1. The van der Waals surface area contributed by atoms with Gasteiger partial charge in [0.1, 0.15) is 6.10 Å². The third kappa shape index (κ3) is 4.18. The highest BCUT2D eigenvalue weighted by molar-refractivity contribution is 5.84. The number of hydrogen-bond donors (Lipinski definition) is 2. The van der Waals surface area contributed by atoms with Crippen LogP contribution in [-0.4, -0.2) is 45.9 Å². The maximum Gasteiger partial charge on any atom is 0.376 e. The molecule has 1 rings (SSSR count). The molecule has 19 heavy (non-hydrogen) atoms. The van der Waals surface area contributed by atoms with E-state index in [1.807, 2.05) is 0 Å². The first kappa shape index (κ1) is 14.8. The van der Waals surface area contributed by atoms with Crippen LogP contribution in [0, 0.1) is 0 Å². The van der Waals surface area contributed by atoms with Gasteiger partial charge in [-0.3, -0.25) is 0 Å². The smallest absolute Gasteiger partial charge is 0.376 e. The highest BCUT2D eigenvalue weighted by Crippen LogP contribution is 2.17. The van der Waals surface area contributed by atoms with E-state index in [-0.39, 0.29) is 24.4 Å². The molecule has 2 N–H and O–H groups in total. The van der Waals surface area contributed by atoms with Gasteiger partial charge in [-0.15, -0.1) is 0 Å². The predicted octanol–water partition coefficient (Wildman–Crippen LogP) is 0.358. The number of aromatic nitrogens is 2. The molecular weight excluding hydrogens is 254 g/mol. The van der Waals surface area contributed by atoms with E-state index in [1.165, 1.54) is 19.5 Å². The van der Waals surface area contributed by atoms with Crippen LogP contribution in [-0.2, 0) is 4.74 Å².